The molecule has 1 saturated heterocycles. The van der Waals surface area contributed by atoms with Gasteiger partial charge in [0, 0.05) is 12.6 Å². The van der Waals surface area contributed by atoms with Crippen molar-refractivity contribution < 1.29 is 56.0 Å². The quantitative estimate of drug-likeness (QED) is 0.197. The lowest BCUT2D eigenvalue weighted by Gasteiger charge is -2.27. The van der Waals surface area contributed by atoms with Gasteiger partial charge in [-0.3, -0.25) is 23.7 Å². The Morgan fingerprint density at radius 2 is 1.79 bits per heavy atom. The van der Waals surface area contributed by atoms with E-state index in [1.54, 1.807) is 37.0 Å². The summed E-state index contributed by atoms with van der Waals surface area (Å²) in [4.78, 5) is 56.5. The number of nitrogens with zero attached hydrogens (tertiary/aromatic N) is 2. The van der Waals surface area contributed by atoms with Crippen LogP contribution >= 0.6 is 8.18 Å². The van der Waals surface area contributed by atoms with E-state index in [0.29, 0.717) is 9.40 Å². The molecule has 18 heteroatoms. The SMILES string of the molecule is CC(C)OC(=O)C(C)OC(=O)C(C)N(Oc1ccccc1)[PH](=O)OC[C@H]1O[C@@H](n2cc(C(F)(F)F)c(=O)[nH]c2=O)C[C@@H]1O. The monoisotopic (exact) mass is 637 g/mol. The molecule has 0 saturated carbocycles. The first-order chi connectivity index (χ1) is 20.1. The van der Waals surface area contributed by atoms with Gasteiger partial charge in [-0.05, 0) is 39.8 Å². The summed E-state index contributed by atoms with van der Waals surface area (Å²) in [5, 5.41) is 10.4. The Hall–Kier alpha value is -3.50. The van der Waals surface area contributed by atoms with Gasteiger partial charge in [-0.1, -0.05) is 23.0 Å². The molecule has 14 nitrogen and oxygen atoms in total. The molecule has 0 spiro atoms. The van der Waals surface area contributed by atoms with Crippen LogP contribution in [0, 0.1) is 0 Å². The van der Waals surface area contributed by atoms with Crippen LogP contribution in [0.3, 0.4) is 0 Å². The van der Waals surface area contributed by atoms with E-state index in [9.17, 15) is 42.0 Å². The zero-order chi connectivity index (χ0) is 32.1. The highest BCUT2D eigenvalue weighted by atomic mass is 31.1. The van der Waals surface area contributed by atoms with Gasteiger partial charge in [-0.2, -0.15) is 13.2 Å². The average Bonchev–Trinajstić information content (AvgIpc) is 3.29. The molecule has 1 aromatic carbocycles. The number of hydrogen-bond acceptors (Lipinski definition) is 11. The van der Waals surface area contributed by atoms with Crippen molar-refractivity contribution in [2.75, 3.05) is 6.61 Å². The largest absolute Gasteiger partial charge is 0.460 e. The topological polar surface area (TPSA) is 176 Å². The minimum Gasteiger partial charge on any atom is -0.460 e. The lowest BCUT2D eigenvalue weighted by Crippen LogP contribution is -2.41. The number of para-hydroxylation sites is 1. The Morgan fingerprint density at radius 3 is 2.40 bits per heavy atom. The predicted molar refractivity (Wildman–Crippen MR) is 141 cm³/mol. The molecular formula is C25H31F3N3O11P. The van der Waals surface area contributed by atoms with Gasteiger partial charge in [-0.15, -0.1) is 0 Å². The van der Waals surface area contributed by atoms with E-state index in [0.717, 1.165) is 0 Å². The van der Waals surface area contributed by atoms with Crippen molar-refractivity contribution in [3.63, 3.8) is 0 Å². The van der Waals surface area contributed by atoms with Gasteiger partial charge in [0.2, 0.25) is 0 Å². The second-order valence-electron chi connectivity index (χ2n) is 9.69. The van der Waals surface area contributed by atoms with Crippen LogP contribution in [-0.4, -0.2) is 68.5 Å². The van der Waals surface area contributed by atoms with Gasteiger partial charge in [0.1, 0.15) is 29.7 Å². The van der Waals surface area contributed by atoms with Crippen molar-refractivity contribution in [3.8, 4) is 5.75 Å². The number of rotatable bonds is 12. The van der Waals surface area contributed by atoms with Gasteiger partial charge in [-0.25, -0.2) is 9.59 Å². The summed E-state index contributed by atoms with van der Waals surface area (Å²) < 4.78 is 74.2. The van der Waals surface area contributed by atoms with Crippen molar-refractivity contribution in [2.24, 2.45) is 0 Å². The predicted octanol–water partition coefficient (Wildman–Crippen LogP) is 2.18. The highest BCUT2D eigenvalue weighted by Gasteiger charge is 2.40. The molecule has 1 aromatic heterocycles. The molecule has 2 aromatic rings. The lowest BCUT2D eigenvalue weighted by atomic mass is 10.2. The first kappa shape index (κ1) is 34.0. The maximum atomic E-state index is 13.2. The smallest absolute Gasteiger partial charge is 0.423 e. The van der Waals surface area contributed by atoms with Crippen LogP contribution in [0.5, 0.6) is 5.75 Å². The second-order valence-corrected chi connectivity index (χ2v) is 10.9. The van der Waals surface area contributed by atoms with E-state index in [-0.39, 0.29) is 18.4 Å². The molecule has 1 aliphatic rings. The third kappa shape index (κ3) is 9.00. The number of aliphatic hydroxyl groups excluding tert-OH is 1. The number of hydrogen-bond donors (Lipinski definition) is 2. The van der Waals surface area contributed by atoms with Crippen molar-refractivity contribution in [1.82, 2.24) is 14.4 Å². The molecule has 2 N–H and O–H groups in total. The van der Waals surface area contributed by atoms with Gasteiger partial charge in [0.15, 0.2) is 6.10 Å². The number of nitrogens with one attached hydrogen (secondary N) is 1. The molecule has 0 amide bonds. The number of aromatic amines is 1. The summed E-state index contributed by atoms with van der Waals surface area (Å²) in [6, 6.07) is 6.47. The summed E-state index contributed by atoms with van der Waals surface area (Å²) in [5.74, 6) is -1.66. The summed E-state index contributed by atoms with van der Waals surface area (Å²) in [6.07, 6.45) is -11.0. The molecule has 3 rings (SSSR count). The van der Waals surface area contributed by atoms with Crippen LogP contribution in [0.2, 0.25) is 0 Å². The van der Waals surface area contributed by atoms with Crippen LogP contribution < -0.4 is 16.1 Å². The highest BCUT2D eigenvalue weighted by molar-refractivity contribution is 7.36. The summed E-state index contributed by atoms with van der Waals surface area (Å²) in [6.45, 7) is 5.18. The Balaban J connectivity index is 1.72. The number of benzene rings is 1. The number of aromatic nitrogens is 2. The van der Waals surface area contributed by atoms with Crippen LogP contribution in [0.15, 0.2) is 46.1 Å². The number of carbonyl (C=O) groups is 2. The fourth-order valence-electron chi connectivity index (χ4n) is 3.77. The Bertz CT molecular complexity index is 1420. The zero-order valence-corrected chi connectivity index (χ0v) is 24.4. The zero-order valence-electron chi connectivity index (χ0n) is 23.4. The molecule has 2 heterocycles. The van der Waals surface area contributed by atoms with E-state index in [4.69, 9.17) is 23.6 Å². The first-order valence-corrected chi connectivity index (χ1v) is 14.2. The molecule has 43 heavy (non-hydrogen) atoms. The molecule has 3 unspecified atom stereocenters. The molecule has 6 atom stereocenters. The van der Waals surface area contributed by atoms with E-state index in [1.807, 2.05) is 0 Å². The summed E-state index contributed by atoms with van der Waals surface area (Å²) >= 11 is 0. The van der Waals surface area contributed by atoms with Crippen molar-refractivity contribution >= 4 is 20.1 Å². The normalized spacial score (nSPS) is 20.9. The summed E-state index contributed by atoms with van der Waals surface area (Å²) in [7, 11) is -3.49. The third-order valence-corrected chi connectivity index (χ3v) is 7.21. The third-order valence-electron chi connectivity index (χ3n) is 5.96. The maximum absolute atomic E-state index is 13.2. The number of halogens is 3. The fourth-order valence-corrected chi connectivity index (χ4v) is 4.80. The Labute approximate surface area is 243 Å². The molecule has 238 valence electrons. The number of H-pyrrole nitrogens is 1. The Morgan fingerprint density at radius 1 is 1.14 bits per heavy atom. The van der Waals surface area contributed by atoms with Crippen LogP contribution in [0.4, 0.5) is 13.2 Å². The van der Waals surface area contributed by atoms with E-state index >= 15 is 0 Å². The number of alkyl halides is 3. The number of hydroxylamine groups is 1. The number of aliphatic hydroxyl groups is 1. The Kier molecular flexibility index (Phi) is 11.3. The average molecular weight is 638 g/mol. The highest BCUT2D eigenvalue weighted by Crippen LogP contribution is 2.36. The number of esters is 2. The molecule has 1 fully saturated rings. The van der Waals surface area contributed by atoms with Crippen molar-refractivity contribution in [1.29, 1.82) is 0 Å². The van der Waals surface area contributed by atoms with E-state index < -0.39 is 86.4 Å². The molecule has 0 radical (unpaired) electrons. The van der Waals surface area contributed by atoms with Crippen molar-refractivity contribution in [3.05, 3.63) is 62.9 Å². The molecule has 1 aliphatic heterocycles. The first-order valence-electron chi connectivity index (χ1n) is 12.9. The van der Waals surface area contributed by atoms with Crippen LogP contribution in [0.25, 0.3) is 0 Å². The minimum atomic E-state index is -5.06. The second kappa shape index (κ2) is 14.3. The van der Waals surface area contributed by atoms with Gasteiger partial charge >= 0.3 is 23.8 Å². The number of ether oxygens (including phenoxy) is 3. The lowest BCUT2D eigenvalue weighted by molar-refractivity contribution is -0.174. The molecular weight excluding hydrogens is 606 g/mol. The molecule has 0 bridgehead atoms. The summed E-state index contributed by atoms with van der Waals surface area (Å²) in [5.41, 5.74) is -4.48. The van der Waals surface area contributed by atoms with Crippen LogP contribution in [0.1, 0.15) is 45.9 Å². The van der Waals surface area contributed by atoms with E-state index in [1.165, 1.54) is 26.0 Å². The standard InChI is InChI=1S/C25H31F3N3O11P/c1-13(2)39-23(35)15(4)40-22(34)14(3)31(42-16-8-6-5-7-9-16)43(37)38-12-19-18(32)10-20(41-19)30-11-17(25(26,27)28)21(33)29-24(30)36/h5-9,11,13-15,18-20,32,43H,10,12H2,1-4H3,(H,29,33,36)/t14?,15?,18-,19+,20+/m0/s1. The minimum absolute atomic E-state index is 0.159. The fraction of sp³-hybridized carbons (Fsp3) is 0.520. The van der Waals surface area contributed by atoms with Gasteiger partial charge in [0.05, 0.1) is 18.8 Å². The van der Waals surface area contributed by atoms with Gasteiger partial charge in [0.25, 0.3) is 13.7 Å². The molecule has 0 aliphatic carbocycles. The van der Waals surface area contributed by atoms with E-state index in [2.05, 4.69) is 0 Å². The van der Waals surface area contributed by atoms with Gasteiger partial charge < -0.3 is 28.7 Å². The maximum Gasteiger partial charge on any atom is 0.423 e. The van der Waals surface area contributed by atoms with Crippen molar-refractivity contribution in [2.45, 2.75) is 77.0 Å². The number of carbonyl (C=O) groups excluding carboxylic acids is 2. The van der Waals surface area contributed by atoms with Crippen LogP contribution in [-0.2, 0) is 39.1 Å².